The highest BCUT2D eigenvalue weighted by atomic mass is 19.1. The molecule has 24 heavy (non-hydrogen) atoms. The third kappa shape index (κ3) is 5.15. The summed E-state index contributed by atoms with van der Waals surface area (Å²) < 4.78 is 27.1. The number of benzene rings is 1. The first-order valence-electron chi connectivity index (χ1n) is 8.14. The molecule has 2 amide bonds. The lowest BCUT2D eigenvalue weighted by Crippen LogP contribution is -2.37. The van der Waals surface area contributed by atoms with Crippen molar-refractivity contribution in [3.63, 3.8) is 0 Å². The Bertz CT molecular complexity index is 624. The van der Waals surface area contributed by atoms with E-state index in [4.69, 9.17) is 0 Å². The number of carbonyl (C=O) groups is 2. The van der Waals surface area contributed by atoms with Gasteiger partial charge in [-0.05, 0) is 44.2 Å². The lowest BCUT2D eigenvalue weighted by molar-refractivity contribution is -0.132. The monoisotopic (exact) mass is 336 g/mol. The maximum Gasteiger partial charge on any atom is 0.244 e. The molecule has 1 N–H and O–H groups in total. The van der Waals surface area contributed by atoms with Crippen LogP contribution in [0.2, 0.25) is 0 Å². The van der Waals surface area contributed by atoms with E-state index in [0.29, 0.717) is 6.54 Å². The molecule has 1 aromatic rings. The minimum Gasteiger partial charge on any atom is -0.333 e. The topological polar surface area (TPSA) is 49.4 Å². The maximum absolute atomic E-state index is 13.6. The van der Waals surface area contributed by atoms with Crippen LogP contribution in [-0.4, -0.2) is 29.8 Å². The summed E-state index contributed by atoms with van der Waals surface area (Å²) in [6, 6.07) is 3.36. The number of hydrogen-bond donors (Lipinski definition) is 1. The molecule has 0 aliphatic heterocycles. The number of halogens is 2. The van der Waals surface area contributed by atoms with E-state index in [0.717, 1.165) is 37.8 Å². The minimum absolute atomic E-state index is 0.226. The van der Waals surface area contributed by atoms with Gasteiger partial charge >= 0.3 is 0 Å². The van der Waals surface area contributed by atoms with Crippen molar-refractivity contribution < 1.29 is 18.4 Å². The molecule has 0 aromatic heterocycles. The van der Waals surface area contributed by atoms with Crippen LogP contribution in [0.4, 0.5) is 14.5 Å². The molecule has 6 heteroatoms. The van der Waals surface area contributed by atoms with E-state index in [-0.39, 0.29) is 12.5 Å². The second-order valence-corrected chi connectivity index (χ2v) is 5.94. The quantitative estimate of drug-likeness (QED) is 0.806. The molecule has 0 spiro atoms. The highest BCUT2D eigenvalue weighted by Gasteiger charge is 2.17. The largest absolute Gasteiger partial charge is 0.333 e. The summed E-state index contributed by atoms with van der Waals surface area (Å²) in [6.45, 7) is 1.58. The second-order valence-electron chi connectivity index (χ2n) is 5.94. The average molecular weight is 336 g/mol. The van der Waals surface area contributed by atoms with Crippen LogP contribution < -0.4 is 5.32 Å². The standard InChI is InChI=1S/C18H22F2N2O2/c1-13(23)22(11-10-14-6-3-2-4-7-14)12-17(24)21-18-15(19)8-5-9-16(18)20/h5-6,8-9H,2-4,7,10-12H2,1H3,(H,21,24). The smallest absolute Gasteiger partial charge is 0.244 e. The Balaban J connectivity index is 1.93. The Morgan fingerprint density at radius 3 is 2.50 bits per heavy atom. The fourth-order valence-electron chi connectivity index (χ4n) is 2.73. The molecule has 0 heterocycles. The van der Waals surface area contributed by atoms with Crippen molar-refractivity contribution in [2.24, 2.45) is 0 Å². The van der Waals surface area contributed by atoms with Crippen LogP contribution in [0.25, 0.3) is 0 Å². The van der Waals surface area contributed by atoms with Crippen molar-refractivity contribution in [1.29, 1.82) is 0 Å². The normalized spacial score (nSPS) is 14.0. The van der Waals surface area contributed by atoms with Gasteiger partial charge in [-0.15, -0.1) is 0 Å². The van der Waals surface area contributed by atoms with E-state index < -0.39 is 23.2 Å². The number of nitrogens with one attached hydrogen (secondary N) is 1. The van der Waals surface area contributed by atoms with E-state index in [1.54, 1.807) is 0 Å². The first-order valence-corrected chi connectivity index (χ1v) is 8.14. The second kappa shape index (κ2) is 8.57. The first kappa shape index (κ1) is 18.1. The molecular formula is C18H22F2N2O2. The molecule has 4 nitrogen and oxygen atoms in total. The zero-order valence-electron chi connectivity index (χ0n) is 13.8. The Hall–Kier alpha value is -2.24. The van der Waals surface area contributed by atoms with Crippen LogP contribution in [0.5, 0.6) is 0 Å². The van der Waals surface area contributed by atoms with Gasteiger partial charge in [-0.3, -0.25) is 9.59 Å². The Labute approximate surface area is 140 Å². The molecule has 0 saturated carbocycles. The average Bonchev–Trinajstić information content (AvgIpc) is 2.55. The summed E-state index contributed by atoms with van der Waals surface area (Å²) >= 11 is 0. The molecule has 1 aromatic carbocycles. The highest BCUT2D eigenvalue weighted by molar-refractivity contribution is 5.94. The zero-order valence-corrected chi connectivity index (χ0v) is 13.8. The van der Waals surface area contributed by atoms with Crippen LogP contribution in [0.3, 0.4) is 0 Å². The van der Waals surface area contributed by atoms with Gasteiger partial charge in [0.25, 0.3) is 0 Å². The number of nitrogens with zero attached hydrogens (tertiary/aromatic N) is 1. The Morgan fingerprint density at radius 1 is 1.21 bits per heavy atom. The van der Waals surface area contributed by atoms with Gasteiger partial charge in [0.05, 0.1) is 6.54 Å². The SMILES string of the molecule is CC(=O)N(CCC1=CCCCC1)CC(=O)Nc1c(F)cccc1F. The Kier molecular flexibility index (Phi) is 6.46. The molecule has 0 atom stereocenters. The van der Waals surface area contributed by atoms with Crippen molar-refractivity contribution in [1.82, 2.24) is 4.90 Å². The van der Waals surface area contributed by atoms with Crippen molar-refractivity contribution in [3.8, 4) is 0 Å². The third-order valence-corrected chi connectivity index (χ3v) is 4.09. The molecule has 0 unspecified atom stereocenters. The highest BCUT2D eigenvalue weighted by Crippen LogP contribution is 2.21. The number of carbonyl (C=O) groups excluding carboxylic acids is 2. The summed E-state index contributed by atoms with van der Waals surface area (Å²) in [7, 11) is 0. The molecule has 2 rings (SSSR count). The van der Waals surface area contributed by atoms with Crippen LogP contribution in [0.1, 0.15) is 39.0 Å². The van der Waals surface area contributed by atoms with Gasteiger partial charge in [-0.2, -0.15) is 0 Å². The summed E-state index contributed by atoms with van der Waals surface area (Å²) in [6.07, 6.45) is 7.34. The molecule has 0 fully saturated rings. The number of anilines is 1. The Morgan fingerprint density at radius 2 is 1.92 bits per heavy atom. The molecule has 1 aliphatic rings. The van der Waals surface area contributed by atoms with Gasteiger partial charge in [0.1, 0.15) is 17.3 Å². The lowest BCUT2D eigenvalue weighted by Gasteiger charge is -2.22. The third-order valence-electron chi connectivity index (χ3n) is 4.09. The van der Waals surface area contributed by atoms with Crippen LogP contribution in [-0.2, 0) is 9.59 Å². The predicted octanol–water partition coefficient (Wildman–Crippen LogP) is 3.64. The summed E-state index contributed by atoms with van der Waals surface area (Å²) in [5, 5.41) is 2.20. The van der Waals surface area contributed by atoms with E-state index >= 15 is 0 Å². The molecule has 0 saturated heterocycles. The fourth-order valence-corrected chi connectivity index (χ4v) is 2.73. The van der Waals surface area contributed by atoms with Gasteiger partial charge in [0, 0.05) is 13.5 Å². The van der Waals surface area contributed by atoms with E-state index in [9.17, 15) is 18.4 Å². The first-order chi connectivity index (χ1) is 11.5. The minimum atomic E-state index is -0.843. The molecule has 1 aliphatic carbocycles. The number of rotatable bonds is 6. The summed E-state index contributed by atoms with van der Waals surface area (Å²) in [4.78, 5) is 25.1. The van der Waals surface area contributed by atoms with E-state index in [1.165, 1.54) is 29.9 Å². The molecule has 130 valence electrons. The fraction of sp³-hybridized carbons (Fsp3) is 0.444. The zero-order chi connectivity index (χ0) is 17.5. The van der Waals surface area contributed by atoms with Crippen molar-refractivity contribution in [2.45, 2.75) is 39.0 Å². The van der Waals surface area contributed by atoms with Gasteiger partial charge < -0.3 is 10.2 Å². The molecule has 0 bridgehead atoms. The van der Waals surface area contributed by atoms with Gasteiger partial charge in [-0.1, -0.05) is 17.7 Å². The van der Waals surface area contributed by atoms with Crippen LogP contribution in [0, 0.1) is 11.6 Å². The number of allylic oxidation sites excluding steroid dienone is 1. The van der Waals surface area contributed by atoms with Gasteiger partial charge in [0.2, 0.25) is 11.8 Å². The van der Waals surface area contributed by atoms with E-state index in [2.05, 4.69) is 11.4 Å². The van der Waals surface area contributed by atoms with Crippen LogP contribution >= 0.6 is 0 Å². The van der Waals surface area contributed by atoms with Gasteiger partial charge in [0.15, 0.2) is 0 Å². The summed E-state index contributed by atoms with van der Waals surface area (Å²) in [5.41, 5.74) is 0.814. The van der Waals surface area contributed by atoms with Crippen molar-refractivity contribution in [2.75, 3.05) is 18.4 Å². The molecular weight excluding hydrogens is 314 g/mol. The van der Waals surface area contributed by atoms with Crippen molar-refractivity contribution in [3.05, 3.63) is 41.5 Å². The van der Waals surface area contributed by atoms with Gasteiger partial charge in [-0.25, -0.2) is 8.78 Å². The van der Waals surface area contributed by atoms with Crippen LogP contribution in [0.15, 0.2) is 29.8 Å². The number of para-hydroxylation sites is 1. The maximum atomic E-state index is 13.6. The number of hydrogen-bond acceptors (Lipinski definition) is 2. The lowest BCUT2D eigenvalue weighted by atomic mass is 9.97. The van der Waals surface area contributed by atoms with Crippen molar-refractivity contribution >= 4 is 17.5 Å². The van der Waals surface area contributed by atoms with E-state index in [1.807, 2.05) is 0 Å². The molecule has 0 radical (unpaired) electrons. The summed E-state index contributed by atoms with van der Waals surface area (Å²) in [5.74, 6) is -2.54. The number of amides is 2. The predicted molar refractivity (Wildman–Crippen MR) is 88.4 cm³/mol.